The number of nitriles is 1. The van der Waals surface area contributed by atoms with Crippen LogP contribution in [-0.2, 0) is 11.4 Å². The van der Waals surface area contributed by atoms with E-state index in [1.54, 1.807) is 37.3 Å². The average Bonchev–Trinajstić information content (AvgIpc) is 2.99. The molecule has 1 aliphatic heterocycles. The average molecular weight is 473 g/mol. The van der Waals surface area contributed by atoms with Gasteiger partial charge in [0.15, 0.2) is 11.5 Å². The SMILES string of the molecule is CCN1C(=O)S/C(=C/c2cc(Br)c(OCc3ccc(C#N)cc3)c(OC)c2)C1=O. The summed E-state index contributed by atoms with van der Waals surface area (Å²) < 4.78 is 12.0. The summed E-state index contributed by atoms with van der Waals surface area (Å²) in [7, 11) is 1.53. The Labute approximate surface area is 181 Å². The van der Waals surface area contributed by atoms with Crippen LogP contribution in [0, 0.1) is 11.3 Å². The number of thioether (sulfide) groups is 1. The van der Waals surface area contributed by atoms with E-state index in [1.165, 1.54) is 12.0 Å². The second-order valence-corrected chi connectivity index (χ2v) is 7.91. The molecule has 2 amide bonds. The van der Waals surface area contributed by atoms with Crippen LogP contribution in [0.1, 0.15) is 23.6 Å². The van der Waals surface area contributed by atoms with Crippen molar-refractivity contribution in [3.05, 3.63) is 62.5 Å². The lowest BCUT2D eigenvalue weighted by Crippen LogP contribution is -2.27. The number of hydrogen-bond acceptors (Lipinski definition) is 6. The van der Waals surface area contributed by atoms with E-state index in [-0.39, 0.29) is 11.1 Å². The van der Waals surface area contributed by atoms with E-state index >= 15 is 0 Å². The number of imide groups is 1. The van der Waals surface area contributed by atoms with Crippen molar-refractivity contribution in [3.63, 3.8) is 0 Å². The van der Waals surface area contributed by atoms with Crippen LogP contribution in [-0.4, -0.2) is 29.7 Å². The van der Waals surface area contributed by atoms with Gasteiger partial charge in [0, 0.05) is 6.54 Å². The minimum Gasteiger partial charge on any atom is -0.493 e. The predicted molar refractivity (Wildman–Crippen MR) is 115 cm³/mol. The number of halogens is 1. The number of nitrogens with zero attached hydrogens (tertiary/aromatic N) is 2. The molecule has 2 aromatic rings. The van der Waals surface area contributed by atoms with E-state index in [2.05, 4.69) is 22.0 Å². The molecule has 0 spiro atoms. The molecule has 1 fully saturated rings. The zero-order valence-electron chi connectivity index (χ0n) is 15.8. The maximum Gasteiger partial charge on any atom is 0.293 e. The van der Waals surface area contributed by atoms with Crippen LogP contribution >= 0.6 is 27.7 Å². The number of carbonyl (C=O) groups excluding carboxylic acids is 2. The molecular formula is C21H17BrN2O4S. The first-order chi connectivity index (χ1) is 14.0. The standard InChI is InChI=1S/C21H17BrN2O4S/c1-3-24-20(25)18(29-21(24)26)10-15-8-16(22)19(17(9-15)27-2)28-12-14-6-4-13(11-23)5-7-14/h4-10H,3,12H2,1-2H3/b18-10+. The molecule has 0 atom stereocenters. The molecule has 6 nitrogen and oxygen atoms in total. The van der Waals surface area contributed by atoms with Crippen LogP contribution in [0.4, 0.5) is 4.79 Å². The van der Waals surface area contributed by atoms with Gasteiger partial charge in [-0.2, -0.15) is 5.26 Å². The molecule has 3 rings (SSSR count). The first kappa shape index (κ1) is 21.0. The molecule has 8 heteroatoms. The first-order valence-electron chi connectivity index (χ1n) is 8.71. The summed E-state index contributed by atoms with van der Waals surface area (Å²) >= 11 is 4.41. The Balaban J connectivity index is 1.82. The van der Waals surface area contributed by atoms with Crippen LogP contribution in [0.5, 0.6) is 11.5 Å². The van der Waals surface area contributed by atoms with Gasteiger partial charge in [0.25, 0.3) is 11.1 Å². The van der Waals surface area contributed by atoms with Gasteiger partial charge in [-0.05, 0) is 76.1 Å². The first-order valence-corrected chi connectivity index (χ1v) is 10.3. The van der Waals surface area contributed by atoms with Crippen molar-refractivity contribution in [3.8, 4) is 17.6 Å². The number of likely N-dealkylation sites (N-methyl/N-ethyl adjacent to an activating group) is 1. The van der Waals surface area contributed by atoms with E-state index < -0.39 is 0 Å². The maximum atomic E-state index is 12.3. The minimum absolute atomic E-state index is 0.267. The van der Waals surface area contributed by atoms with Gasteiger partial charge in [-0.25, -0.2) is 0 Å². The molecule has 1 aliphatic rings. The normalized spacial score (nSPS) is 15.0. The summed E-state index contributed by atoms with van der Waals surface area (Å²) in [4.78, 5) is 25.7. The zero-order valence-corrected chi connectivity index (χ0v) is 18.2. The van der Waals surface area contributed by atoms with Crippen molar-refractivity contribution in [2.75, 3.05) is 13.7 Å². The topological polar surface area (TPSA) is 79.6 Å². The maximum absolute atomic E-state index is 12.3. The van der Waals surface area contributed by atoms with Gasteiger partial charge in [0.1, 0.15) is 6.61 Å². The Morgan fingerprint density at radius 1 is 1.24 bits per heavy atom. The molecule has 0 aromatic heterocycles. The lowest BCUT2D eigenvalue weighted by atomic mass is 10.1. The third-order valence-electron chi connectivity index (χ3n) is 4.21. The lowest BCUT2D eigenvalue weighted by molar-refractivity contribution is -0.122. The van der Waals surface area contributed by atoms with E-state index in [1.807, 2.05) is 12.1 Å². The monoisotopic (exact) mass is 472 g/mol. The molecule has 0 saturated carbocycles. The molecule has 29 heavy (non-hydrogen) atoms. The zero-order chi connectivity index (χ0) is 21.0. The molecular weight excluding hydrogens is 456 g/mol. The van der Waals surface area contributed by atoms with Crippen molar-refractivity contribution in [2.24, 2.45) is 0 Å². The van der Waals surface area contributed by atoms with Gasteiger partial charge in [-0.1, -0.05) is 12.1 Å². The highest BCUT2D eigenvalue weighted by Crippen LogP contribution is 2.39. The fourth-order valence-electron chi connectivity index (χ4n) is 2.72. The highest BCUT2D eigenvalue weighted by molar-refractivity contribution is 9.10. The molecule has 0 radical (unpaired) electrons. The third-order valence-corrected chi connectivity index (χ3v) is 5.70. The number of hydrogen-bond donors (Lipinski definition) is 0. The summed E-state index contributed by atoms with van der Waals surface area (Å²) in [6.07, 6.45) is 1.66. The van der Waals surface area contributed by atoms with Gasteiger partial charge < -0.3 is 9.47 Å². The summed E-state index contributed by atoms with van der Waals surface area (Å²) in [6, 6.07) is 12.8. The Morgan fingerprint density at radius 2 is 1.97 bits per heavy atom. The van der Waals surface area contributed by atoms with Crippen LogP contribution < -0.4 is 9.47 Å². The van der Waals surface area contributed by atoms with Crippen molar-refractivity contribution in [2.45, 2.75) is 13.5 Å². The van der Waals surface area contributed by atoms with Crippen molar-refractivity contribution in [1.29, 1.82) is 5.26 Å². The van der Waals surface area contributed by atoms with Crippen molar-refractivity contribution >= 4 is 44.9 Å². The van der Waals surface area contributed by atoms with Gasteiger partial charge in [-0.15, -0.1) is 0 Å². The van der Waals surface area contributed by atoms with Crippen molar-refractivity contribution in [1.82, 2.24) is 4.90 Å². The predicted octanol–water partition coefficient (Wildman–Crippen LogP) is 4.96. The molecule has 0 bridgehead atoms. The van der Waals surface area contributed by atoms with Crippen LogP contribution in [0.15, 0.2) is 45.8 Å². The van der Waals surface area contributed by atoms with E-state index in [0.29, 0.717) is 45.2 Å². The number of methoxy groups -OCH3 is 1. The quantitative estimate of drug-likeness (QED) is 0.552. The van der Waals surface area contributed by atoms with Crippen LogP contribution in [0.3, 0.4) is 0 Å². The Hall–Kier alpha value is -2.76. The number of carbonyl (C=O) groups is 2. The lowest BCUT2D eigenvalue weighted by Gasteiger charge is -2.14. The Morgan fingerprint density at radius 3 is 2.55 bits per heavy atom. The van der Waals surface area contributed by atoms with Gasteiger partial charge in [0.2, 0.25) is 0 Å². The Bertz CT molecular complexity index is 1030. The Kier molecular flexibility index (Phi) is 6.62. The van der Waals surface area contributed by atoms with Gasteiger partial charge in [0.05, 0.1) is 28.1 Å². The summed E-state index contributed by atoms with van der Waals surface area (Å²) in [5.41, 5.74) is 2.21. The minimum atomic E-state index is -0.293. The molecule has 1 heterocycles. The molecule has 0 N–H and O–H groups in total. The summed E-state index contributed by atoms with van der Waals surface area (Å²) in [6.45, 7) is 2.41. The number of amides is 2. The third kappa shape index (κ3) is 4.63. The summed E-state index contributed by atoms with van der Waals surface area (Å²) in [5.74, 6) is 0.725. The molecule has 148 valence electrons. The van der Waals surface area contributed by atoms with Gasteiger partial charge in [-0.3, -0.25) is 14.5 Å². The number of benzene rings is 2. The largest absolute Gasteiger partial charge is 0.493 e. The fraction of sp³-hybridized carbons (Fsp3) is 0.190. The second-order valence-electron chi connectivity index (χ2n) is 6.06. The van der Waals surface area contributed by atoms with Crippen LogP contribution in [0.25, 0.3) is 6.08 Å². The molecule has 0 unspecified atom stereocenters. The van der Waals surface area contributed by atoms with Gasteiger partial charge >= 0.3 is 0 Å². The summed E-state index contributed by atoms with van der Waals surface area (Å²) in [5, 5.41) is 8.61. The smallest absolute Gasteiger partial charge is 0.293 e. The van der Waals surface area contributed by atoms with E-state index in [4.69, 9.17) is 14.7 Å². The highest BCUT2D eigenvalue weighted by Gasteiger charge is 2.33. The fourth-order valence-corrected chi connectivity index (χ4v) is 4.20. The number of ether oxygens (including phenoxy) is 2. The van der Waals surface area contributed by atoms with E-state index in [9.17, 15) is 9.59 Å². The molecule has 0 aliphatic carbocycles. The van der Waals surface area contributed by atoms with Crippen LogP contribution in [0.2, 0.25) is 0 Å². The molecule has 2 aromatic carbocycles. The highest BCUT2D eigenvalue weighted by atomic mass is 79.9. The molecule has 1 saturated heterocycles. The van der Waals surface area contributed by atoms with Crippen molar-refractivity contribution < 1.29 is 19.1 Å². The van der Waals surface area contributed by atoms with E-state index in [0.717, 1.165) is 17.3 Å². The second kappa shape index (κ2) is 9.16. The number of rotatable bonds is 6.